The first-order chi connectivity index (χ1) is 7.16. The first-order valence-corrected chi connectivity index (χ1v) is 5.95. The van der Waals surface area contributed by atoms with Crippen molar-refractivity contribution in [2.45, 2.75) is 46.5 Å². The van der Waals surface area contributed by atoms with Gasteiger partial charge in [-0.05, 0) is 38.7 Å². The Morgan fingerprint density at radius 3 is 2.60 bits per heavy atom. The van der Waals surface area contributed by atoms with Crippen molar-refractivity contribution in [2.24, 2.45) is 5.92 Å². The van der Waals surface area contributed by atoms with Gasteiger partial charge in [-0.15, -0.1) is 0 Å². The molecule has 0 aromatic rings. The van der Waals surface area contributed by atoms with Gasteiger partial charge in [0, 0.05) is 12.5 Å². The first kappa shape index (κ1) is 12.4. The van der Waals surface area contributed by atoms with Gasteiger partial charge in [0.15, 0.2) is 5.78 Å². The van der Waals surface area contributed by atoms with Crippen LogP contribution in [0.25, 0.3) is 0 Å². The van der Waals surface area contributed by atoms with E-state index in [1.54, 1.807) is 6.92 Å². The topological polar surface area (TPSA) is 26.3 Å². The third kappa shape index (κ3) is 3.45. The summed E-state index contributed by atoms with van der Waals surface area (Å²) in [5.74, 6) is 0.712. The van der Waals surface area contributed by atoms with Crippen molar-refractivity contribution >= 4 is 5.78 Å². The molecule has 1 rings (SSSR count). The second kappa shape index (κ2) is 6.06. The molecule has 0 amide bonds. The van der Waals surface area contributed by atoms with Crippen LogP contribution < -0.4 is 0 Å². The molecule has 2 nitrogen and oxygen atoms in total. The molecule has 0 saturated carbocycles. The van der Waals surface area contributed by atoms with E-state index in [0.29, 0.717) is 5.92 Å². The van der Waals surface area contributed by atoms with Gasteiger partial charge in [-0.2, -0.15) is 0 Å². The van der Waals surface area contributed by atoms with Crippen LogP contribution in [-0.2, 0) is 9.53 Å². The molecule has 0 radical (unpaired) electrons. The van der Waals surface area contributed by atoms with Gasteiger partial charge in [0.2, 0.25) is 0 Å². The number of hydrogen-bond acceptors (Lipinski definition) is 2. The molecule has 15 heavy (non-hydrogen) atoms. The number of ketones is 1. The molecule has 0 spiro atoms. The van der Waals surface area contributed by atoms with Crippen LogP contribution in [0.15, 0.2) is 11.1 Å². The molecule has 86 valence electrons. The SMILES string of the molecule is CCC/C(C(C)=O)=C(\C)C1CCCOC1. The minimum Gasteiger partial charge on any atom is -0.381 e. The number of carbonyl (C=O) groups excluding carboxylic acids is 1. The van der Waals surface area contributed by atoms with Crippen LogP contribution >= 0.6 is 0 Å². The zero-order chi connectivity index (χ0) is 11.3. The van der Waals surface area contributed by atoms with Crippen molar-refractivity contribution < 1.29 is 9.53 Å². The van der Waals surface area contributed by atoms with Crippen molar-refractivity contribution in [3.63, 3.8) is 0 Å². The molecule has 1 atom stereocenters. The quantitative estimate of drug-likeness (QED) is 0.666. The molecule has 1 unspecified atom stereocenters. The van der Waals surface area contributed by atoms with Gasteiger partial charge in [-0.25, -0.2) is 0 Å². The fourth-order valence-corrected chi connectivity index (χ4v) is 2.23. The van der Waals surface area contributed by atoms with Crippen LogP contribution in [0.2, 0.25) is 0 Å². The molecule has 0 aromatic carbocycles. The summed E-state index contributed by atoms with van der Waals surface area (Å²) in [5, 5.41) is 0. The summed E-state index contributed by atoms with van der Waals surface area (Å²) in [4.78, 5) is 11.5. The lowest BCUT2D eigenvalue weighted by molar-refractivity contribution is -0.113. The summed E-state index contributed by atoms with van der Waals surface area (Å²) < 4.78 is 5.47. The average molecular weight is 210 g/mol. The fraction of sp³-hybridized carbons (Fsp3) is 0.769. The monoisotopic (exact) mass is 210 g/mol. The van der Waals surface area contributed by atoms with E-state index < -0.39 is 0 Å². The minimum absolute atomic E-state index is 0.236. The molecular weight excluding hydrogens is 188 g/mol. The Balaban J connectivity index is 2.77. The zero-order valence-corrected chi connectivity index (χ0v) is 10.1. The van der Waals surface area contributed by atoms with Crippen LogP contribution in [0.4, 0.5) is 0 Å². The van der Waals surface area contributed by atoms with E-state index in [-0.39, 0.29) is 5.78 Å². The summed E-state index contributed by atoms with van der Waals surface area (Å²) in [6.45, 7) is 7.58. The van der Waals surface area contributed by atoms with Crippen LogP contribution in [0.5, 0.6) is 0 Å². The van der Waals surface area contributed by atoms with Gasteiger partial charge in [0.1, 0.15) is 0 Å². The molecule has 2 heteroatoms. The van der Waals surface area contributed by atoms with Crippen LogP contribution in [-0.4, -0.2) is 19.0 Å². The minimum atomic E-state index is 0.236. The first-order valence-electron chi connectivity index (χ1n) is 5.95. The lowest BCUT2D eigenvalue weighted by atomic mass is 9.88. The van der Waals surface area contributed by atoms with Gasteiger partial charge in [-0.1, -0.05) is 18.9 Å². The highest BCUT2D eigenvalue weighted by Gasteiger charge is 2.19. The summed E-state index contributed by atoms with van der Waals surface area (Å²) in [6, 6.07) is 0. The Hall–Kier alpha value is -0.630. The Kier molecular flexibility index (Phi) is 5.03. The Labute approximate surface area is 92.7 Å². The average Bonchev–Trinajstić information content (AvgIpc) is 2.26. The normalized spacial score (nSPS) is 23.5. The van der Waals surface area contributed by atoms with Gasteiger partial charge in [-0.3, -0.25) is 4.79 Å². The van der Waals surface area contributed by atoms with E-state index in [0.717, 1.165) is 38.0 Å². The summed E-state index contributed by atoms with van der Waals surface area (Å²) in [6.07, 6.45) is 4.25. The second-order valence-corrected chi connectivity index (χ2v) is 4.38. The van der Waals surface area contributed by atoms with E-state index in [1.807, 2.05) is 0 Å². The molecular formula is C13H22O2. The third-order valence-electron chi connectivity index (χ3n) is 3.17. The van der Waals surface area contributed by atoms with E-state index in [9.17, 15) is 4.79 Å². The largest absolute Gasteiger partial charge is 0.381 e. The van der Waals surface area contributed by atoms with Crippen LogP contribution in [0.1, 0.15) is 46.5 Å². The second-order valence-electron chi connectivity index (χ2n) is 4.38. The number of ether oxygens (including phenoxy) is 1. The molecule has 1 saturated heterocycles. The van der Waals surface area contributed by atoms with E-state index >= 15 is 0 Å². The molecule has 1 heterocycles. The van der Waals surface area contributed by atoms with Gasteiger partial charge in [0.05, 0.1) is 6.61 Å². The van der Waals surface area contributed by atoms with Crippen molar-refractivity contribution in [3.05, 3.63) is 11.1 Å². The lowest BCUT2D eigenvalue weighted by Gasteiger charge is -2.24. The maximum atomic E-state index is 11.5. The Morgan fingerprint density at radius 2 is 2.13 bits per heavy atom. The molecule has 0 aliphatic carbocycles. The predicted octanol–water partition coefficient (Wildman–Crippen LogP) is 3.12. The van der Waals surface area contributed by atoms with Gasteiger partial charge < -0.3 is 4.74 Å². The van der Waals surface area contributed by atoms with Gasteiger partial charge >= 0.3 is 0 Å². The van der Waals surface area contributed by atoms with Crippen molar-refractivity contribution in [1.82, 2.24) is 0 Å². The van der Waals surface area contributed by atoms with E-state index in [4.69, 9.17) is 4.74 Å². The Morgan fingerprint density at radius 1 is 1.40 bits per heavy atom. The Bertz CT molecular complexity index is 247. The van der Waals surface area contributed by atoms with E-state index in [1.165, 1.54) is 12.0 Å². The highest BCUT2D eigenvalue weighted by atomic mass is 16.5. The van der Waals surface area contributed by atoms with Gasteiger partial charge in [0.25, 0.3) is 0 Å². The number of Topliss-reactive ketones (excluding diaryl/α,β-unsaturated/α-hetero) is 1. The third-order valence-corrected chi connectivity index (χ3v) is 3.17. The molecule has 1 aliphatic rings. The standard InChI is InChI=1S/C13H22O2/c1-4-6-13(11(3)14)10(2)12-7-5-8-15-9-12/h12H,4-9H2,1-3H3/b13-10-. The van der Waals surface area contributed by atoms with Crippen molar-refractivity contribution in [2.75, 3.05) is 13.2 Å². The molecule has 1 aliphatic heterocycles. The fourth-order valence-electron chi connectivity index (χ4n) is 2.23. The van der Waals surface area contributed by atoms with E-state index in [2.05, 4.69) is 13.8 Å². The highest BCUT2D eigenvalue weighted by Crippen LogP contribution is 2.26. The highest BCUT2D eigenvalue weighted by molar-refractivity contribution is 5.94. The van der Waals surface area contributed by atoms with Crippen LogP contribution in [0.3, 0.4) is 0 Å². The number of allylic oxidation sites excluding steroid dienone is 1. The number of hydrogen-bond donors (Lipinski definition) is 0. The summed E-state index contributed by atoms with van der Waals surface area (Å²) >= 11 is 0. The number of carbonyl (C=O) groups is 1. The summed E-state index contributed by atoms with van der Waals surface area (Å²) in [5.41, 5.74) is 2.30. The van der Waals surface area contributed by atoms with Crippen molar-refractivity contribution in [3.8, 4) is 0 Å². The lowest BCUT2D eigenvalue weighted by Crippen LogP contribution is -2.20. The number of rotatable bonds is 4. The predicted molar refractivity (Wildman–Crippen MR) is 61.8 cm³/mol. The smallest absolute Gasteiger partial charge is 0.155 e. The van der Waals surface area contributed by atoms with Crippen LogP contribution in [0, 0.1) is 5.92 Å². The summed E-state index contributed by atoms with van der Waals surface area (Å²) in [7, 11) is 0. The van der Waals surface area contributed by atoms with Crippen molar-refractivity contribution in [1.29, 1.82) is 0 Å². The molecule has 1 fully saturated rings. The molecule has 0 aromatic heterocycles. The molecule has 0 N–H and O–H groups in total. The zero-order valence-electron chi connectivity index (χ0n) is 10.1. The maximum Gasteiger partial charge on any atom is 0.155 e. The maximum absolute atomic E-state index is 11.5. The molecule has 0 bridgehead atoms.